The summed E-state index contributed by atoms with van der Waals surface area (Å²) in [5.74, 6) is 0.251. The van der Waals surface area contributed by atoms with Crippen molar-refractivity contribution in [1.82, 2.24) is 0 Å². The Bertz CT molecular complexity index is 974. The molecule has 0 aliphatic heterocycles. The van der Waals surface area contributed by atoms with Crippen LogP contribution in [0.1, 0.15) is 15.9 Å². The molecule has 6 heteroatoms. The lowest BCUT2D eigenvalue weighted by Crippen LogP contribution is -2.17. The largest absolute Gasteiger partial charge is 0.432 e. The van der Waals surface area contributed by atoms with E-state index in [1.54, 1.807) is 48.5 Å². The first-order chi connectivity index (χ1) is 13.0. The fraction of sp³-hybridized carbons (Fsp3) is 0.0476. The minimum Gasteiger partial charge on any atom is -0.432 e. The molecule has 0 fully saturated rings. The van der Waals surface area contributed by atoms with Crippen molar-refractivity contribution in [3.05, 3.63) is 88.9 Å². The Morgan fingerprint density at radius 2 is 1.67 bits per heavy atom. The van der Waals surface area contributed by atoms with Gasteiger partial charge in [-0.3, -0.25) is 4.79 Å². The van der Waals surface area contributed by atoms with Gasteiger partial charge >= 0.3 is 0 Å². The van der Waals surface area contributed by atoms with Gasteiger partial charge in [0.1, 0.15) is 5.75 Å². The van der Waals surface area contributed by atoms with E-state index in [1.807, 2.05) is 31.2 Å². The minimum absolute atomic E-state index is 0.175. The predicted molar refractivity (Wildman–Crippen MR) is 114 cm³/mol. The molecule has 136 valence electrons. The second-order valence-corrected chi connectivity index (χ2v) is 6.68. The van der Waals surface area contributed by atoms with E-state index in [2.05, 4.69) is 10.6 Å². The molecule has 0 aliphatic carbocycles. The van der Waals surface area contributed by atoms with Crippen LogP contribution in [0.15, 0.2) is 72.8 Å². The average Bonchev–Trinajstić information content (AvgIpc) is 2.64. The lowest BCUT2D eigenvalue weighted by atomic mass is 10.2. The summed E-state index contributed by atoms with van der Waals surface area (Å²) >= 11 is 11.1. The molecule has 2 N–H and O–H groups in total. The number of benzene rings is 3. The Labute approximate surface area is 168 Å². The number of hydrogen-bond acceptors (Lipinski definition) is 3. The van der Waals surface area contributed by atoms with Gasteiger partial charge in [-0.15, -0.1) is 0 Å². The highest BCUT2D eigenvalue weighted by molar-refractivity contribution is 7.80. The Kier molecular flexibility index (Phi) is 6.06. The van der Waals surface area contributed by atoms with Crippen LogP contribution >= 0.6 is 23.8 Å². The lowest BCUT2D eigenvalue weighted by Gasteiger charge is -2.11. The van der Waals surface area contributed by atoms with Crippen molar-refractivity contribution in [3.63, 3.8) is 0 Å². The maximum absolute atomic E-state index is 12.5. The van der Waals surface area contributed by atoms with Crippen LogP contribution in [0.25, 0.3) is 0 Å². The number of halogens is 1. The van der Waals surface area contributed by atoms with Gasteiger partial charge in [0.25, 0.3) is 11.1 Å². The third-order valence-corrected chi connectivity index (χ3v) is 4.11. The quantitative estimate of drug-likeness (QED) is 0.557. The number of thiocarbonyl (C=S) groups is 1. The van der Waals surface area contributed by atoms with Crippen molar-refractivity contribution in [1.29, 1.82) is 0 Å². The van der Waals surface area contributed by atoms with Crippen LogP contribution in [0, 0.1) is 6.92 Å². The number of aryl methyl sites for hydroxylation is 1. The summed E-state index contributed by atoms with van der Waals surface area (Å²) in [4.78, 5) is 12.5. The molecule has 0 unspecified atom stereocenters. The number of anilines is 2. The van der Waals surface area contributed by atoms with Gasteiger partial charge in [0.15, 0.2) is 0 Å². The van der Waals surface area contributed by atoms with Gasteiger partial charge in [-0.1, -0.05) is 29.8 Å². The van der Waals surface area contributed by atoms with Gasteiger partial charge in [-0.25, -0.2) is 0 Å². The Hall–Kier alpha value is -2.89. The first-order valence-corrected chi connectivity index (χ1v) is 9.01. The molecule has 0 heterocycles. The third-order valence-electron chi connectivity index (χ3n) is 3.67. The average molecular weight is 397 g/mol. The van der Waals surface area contributed by atoms with E-state index < -0.39 is 0 Å². The van der Waals surface area contributed by atoms with Crippen LogP contribution in [0.2, 0.25) is 5.02 Å². The van der Waals surface area contributed by atoms with E-state index in [0.29, 0.717) is 16.3 Å². The summed E-state index contributed by atoms with van der Waals surface area (Å²) in [7, 11) is 0. The Balaban J connectivity index is 1.65. The van der Waals surface area contributed by atoms with Crippen molar-refractivity contribution in [3.8, 4) is 5.75 Å². The summed E-state index contributed by atoms with van der Waals surface area (Å²) in [5, 5.41) is 6.64. The van der Waals surface area contributed by atoms with Crippen LogP contribution in [-0.4, -0.2) is 11.1 Å². The minimum atomic E-state index is -0.220. The first kappa shape index (κ1) is 18.9. The molecule has 0 bridgehead atoms. The van der Waals surface area contributed by atoms with Gasteiger partial charge < -0.3 is 15.4 Å². The van der Waals surface area contributed by atoms with Crippen molar-refractivity contribution in [2.24, 2.45) is 0 Å². The highest BCUT2D eigenvalue weighted by atomic mass is 35.5. The maximum Gasteiger partial charge on any atom is 0.266 e. The van der Waals surface area contributed by atoms with Crippen LogP contribution < -0.4 is 15.4 Å². The van der Waals surface area contributed by atoms with Gasteiger partial charge in [0.05, 0.1) is 0 Å². The summed E-state index contributed by atoms with van der Waals surface area (Å²) in [5.41, 5.74) is 3.05. The lowest BCUT2D eigenvalue weighted by molar-refractivity contribution is 0.102. The van der Waals surface area contributed by atoms with Crippen molar-refractivity contribution >= 4 is 46.3 Å². The topological polar surface area (TPSA) is 50.4 Å². The van der Waals surface area contributed by atoms with Crippen LogP contribution in [0.4, 0.5) is 11.4 Å². The smallest absolute Gasteiger partial charge is 0.266 e. The van der Waals surface area contributed by atoms with Crippen LogP contribution in [-0.2, 0) is 0 Å². The highest BCUT2D eigenvalue weighted by Crippen LogP contribution is 2.18. The number of hydrogen-bond donors (Lipinski definition) is 2. The fourth-order valence-electron chi connectivity index (χ4n) is 2.41. The van der Waals surface area contributed by atoms with E-state index in [4.69, 9.17) is 28.6 Å². The number of carbonyl (C=O) groups excluding carboxylic acids is 1. The summed E-state index contributed by atoms with van der Waals surface area (Å²) < 4.78 is 5.62. The molecule has 0 saturated carbocycles. The summed E-state index contributed by atoms with van der Waals surface area (Å²) in [6, 6.07) is 21.5. The number of rotatable bonds is 4. The number of amides is 1. The zero-order chi connectivity index (χ0) is 19.2. The monoisotopic (exact) mass is 396 g/mol. The SMILES string of the molecule is Cc1cccc(NC(=O)c2cccc(OC(=S)Nc3ccc(Cl)cc3)c2)c1. The Morgan fingerprint density at radius 3 is 2.41 bits per heavy atom. The zero-order valence-corrected chi connectivity index (χ0v) is 16.1. The van der Waals surface area contributed by atoms with Gasteiger partial charge in [-0.05, 0) is 79.3 Å². The molecular formula is C21H17ClN2O2S. The molecule has 27 heavy (non-hydrogen) atoms. The number of ether oxygens (including phenoxy) is 1. The Morgan fingerprint density at radius 1 is 0.926 bits per heavy atom. The first-order valence-electron chi connectivity index (χ1n) is 8.22. The predicted octanol–water partition coefficient (Wildman–Crippen LogP) is 5.68. The third kappa shape index (κ3) is 5.54. The van der Waals surface area contributed by atoms with Crippen LogP contribution in [0.5, 0.6) is 5.75 Å². The summed E-state index contributed by atoms with van der Waals surface area (Å²) in [6.07, 6.45) is 0. The molecule has 0 aliphatic rings. The van der Waals surface area contributed by atoms with E-state index in [9.17, 15) is 4.79 Å². The van der Waals surface area contributed by atoms with Gasteiger partial charge in [-0.2, -0.15) is 0 Å². The molecule has 1 amide bonds. The van der Waals surface area contributed by atoms with E-state index in [0.717, 1.165) is 16.9 Å². The van der Waals surface area contributed by atoms with E-state index in [-0.39, 0.29) is 11.1 Å². The van der Waals surface area contributed by atoms with E-state index in [1.165, 1.54) is 0 Å². The van der Waals surface area contributed by atoms with Crippen molar-refractivity contribution in [2.75, 3.05) is 10.6 Å². The van der Waals surface area contributed by atoms with Gasteiger partial charge in [0, 0.05) is 22.0 Å². The fourth-order valence-corrected chi connectivity index (χ4v) is 2.75. The van der Waals surface area contributed by atoms with Gasteiger partial charge in [0.2, 0.25) is 0 Å². The zero-order valence-electron chi connectivity index (χ0n) is 14.5. The highest BCUT2D eigenvalue weighted by Gasteiger charge is 2.09. The molecule has 0 atom stereocenters. The molecular weight excluding hydrogens is 380 g/mol. The number of nitrogens with one attached hydrogen (secondary N) is 2. The van der Waals surface area contributed by atoms with Crippen molar-refractivity contribution < 1.29 is 9.53 Å². The molecule has 0 saturated heterocycles. The second kappa shape index (κ2) is 8.66. The molecule has 3 aromatic carbocycles. The standard InChI is InChI=1S/C21H17ClN2O2S/c1-14-4-2-6-18(12-14)23-20(25)15-5-3-7-19(13-15)26-21(27)24-17-10-8-16(22)9-11-17/h2-13H,1H3,(H,23,25)(H,24,27). The van der Waals surface area contributed by atoms with Crippen LogP contribution in [0.3, 0.4) is 0 Å². The van der Waals surface area contributed by atoms with E-state index >= 15 is 0 Å². The molecule has 4 nitrogen and oxygen atoms in total. The van der Waals surface area contributed by atoms with Crippen molar-refractivity contribution in [2.45, 2.75) is 6.92 Å². The second-order valence-electron chi connectivity index (χ2n) is 5.87. The molecule has 3 rings (SSSR count). The number of carbonyl (C=O) groups is 1. The molecule has 0 spiro atoms. The maximum atomic E-state index is 12.5. The summed E-state index contributed by atoms with van der Waals surface area (Å²) in [6.45, 7) is 1.97. The molecule has 0 radical (unpaired) electrons. The molecule has 0 aromatic heterocycles. The molecule has 3 aromatic rings. The normalized spacial score (nSPS) is 10.1.